The Morgan fingerprint density at radius 1 is 1.07 bits per heavy atom. The van der Waals surface area contributed by atoms with Crippen LogP contribution in [0, 0.1) is 43.2 Å². The summed E-state index contributed by atoms with van der Waals surface area (Å²) in [6.45, 7) is 3.69. The highest BCUT2D eigenvalue weighted by Crippen LogP contribution is 2.61. The summed E-state index contributed by atoms with van der Waals surface area (Å²) in [6.07, 6.45) is 3.28. The molecule has 0 bridgehead atoms. The second kappa shape index (κ2) is 9.82. The van der Waals surface area contributed by atoms with E-state index < -0.39 is 23.2 Å². The average Bonchev–Trinajstić information content (AvgIpc) is 3.48. The Morgan fingerprint density at radius 2 is 1.80 bits per heavy atom. The van der Waals surface area contributed by atoms with Crippen LogP contribution < -0.4 is 9.47 Å². The van der Waals surface area contributed by atoms with Crippen molar-refractivity contribution in [1.29, 1.82) is 0 Å². The van der Waals surface area contributed by atoms with E-state index >= 15 is 4.39 Å². The predicted molar refractivity (Wildman–Crippen MR) is 141 cm³/mol. The van der Waals surface area contributed by atoms with Crippen LogP contribution in [0.15, 0.2) is 36.5 Å². The highest BCUT2D eigenvalue weighted by molar-refractivity contribution is 5.78. The molecule has 0 amide bonds. The number of fused-ring (bicyclic) bond motifs is 3. The first kappa shape index (κ1) is 26.7. The van der Waals surface area contributed by atoms with Crippen LogP contribution in [0.3, 0.4) is 0 Å². The first-order valence-corrected chi connectivity index (χ1v) is 13.5. The number of ether oxygens (including phenoxy) is 2. The number of benzene rings is 2. The molecule has 40 heavy (non-hydrogen) atoms. The number of nitrogens with zero attached hydrogens (tertiary/aromatic N) is 1. The van der Waals surface area contributed by atoms with E-state index in [0.29, 0.717) is 43.1 Å². The quantitative estimate of drug-likeness (QED) is 0.354. The van der Waals surface area contributed by atoms with E-state index in [0.717, 1.165) is 28.3 Å². The lowest BCUT2D eigenvalue weighted by Gasteiger charge is -2.42. The first-order valence-electron chi connectivity index (χ1n) is 13.5. The predicted octanol–water partition coefficient (Wildman–Crippen LogP) is 4.71. The van der Waals surface area contributed by atoms with E-state index in [2.05, 4.69) is 4.98 Å². The number of carboxylic acid groups (broad SMARTS) is 1. The third kappa shape index (κ3) is 4.71. The zero-order valence-electron chi connectivity index (χ0n) is 22.3. The topological polar surface area (TPSA) is 109 Å². The van der Waals surface area contributed by atoms with Crippen molar-refractivity contribution >= 4 is 5.97 Å². The monoisotopic (exact) mass is 551 g/mol. The Hall–Kier alpha value is -3.56. The number of pyridine rings is 1. The molecule has 2 saturated carbocycles. The van der Waals surface area contributed by atoms with Crippen molar-refractivity contribution in [1.82, 2.24) is 4.98 Å². The van der Waals surface area contributed by atoms with Crippen LogP contribution in [0.25, 0.3) is 11.1 Å². The summed E-state index contributed by atoms with van der Waals surface area (Å²) in [5.74, 6) is -1.29. The van der Waals surface area contributed by atoms with Gasteiger partial charge in [-0.2, -0.15) is 0 Å². The highest BCUT2D eigenvalue weighted by Gasteiger charge is 2.60. The fourth-order valence-corrected chi connectivity index (χ4v) is 6.64. The van der Waals surface area contributed by atoms with Crippen molar-refractivity contribution in [2.24, 2.45) is 17.8 Å². The van der Waals surface area contributed by atoms with E-state index in [1.807, 2.05) is 26.0 Å². The first-order chi connectivity index (χ1) is 19.1. The number of hydrogen-bond acceptors (Lipinski definition) is 6. The molecule has 0 spiro atoms. The van der Waals surface area contributed by atoms with E-state index in [1.54, 1.807) is 12.3 Å². The van der Waals surface area contributed by atoms with Gasteiger partial charge in [0, 0.05) is 35.4 Å². The zero-order chi connectivity index (χ0) is 28.3. The number of hydrogen-bond donors (Lipinski definition) is 3. The second-order valence-electron chi connectivity index (χ2n) is 11.6. The summed E-state index contributed by atoms with van der Waals surface area (Å²) in [4.78, 5) is 15.6. The van der Waals surface area contributed by atoms with Crippen LogP contribution in [0.2, 0.25) is 0 Å². The molecule has 0 saturated heterocycles. The number of aryl methyl sites for hydroxylation is 2. The Morgan fingerprint density at radius 3 is 2.48 bits per heavy atom. The number of aliphatic hydroxyl groups excluding tert-OH is 1. The summed E-state index contributed by atoms with van der Waals surface area (Å²) in [7, 11) is 0. The lowest BCUT2D eigenvalue weighted by atomic mass is 9.72. The van der Waals surface area contributed by atoms with Crippen LogP contribution in [0.4, 0.5) is 8.78 Å². The van der Waals surface area contributed by atoms with Gasteiger partial charge in [-0.05, 0) is 91.0 Å². The zero-order valence-corrected chi connectivity index (χ0v) is 22.3. The minimum atomic E-state index is -1.01. The number of aromatic nitrogens is 1. The van der Waals surface area contributed by atoms with Crippen molar-refractivity contribution in [3.8, 4) is 22.8 Å². The van der Waals surface area contributed by atoms with Gasteiger partial charge in [0.2, 0.25) is 5.88 Å². The number of carbonyl (C=O) groups is 1. The molecule has 3 aromatic rings. The van der Waals surface area contributed by atoms with Crippen LogP contribution in [-0.4, -0.2) is 45.1 Å². The lowest BCUT2D eigenvalue weighted by Crippen LogP contribution is -2.48. The molecule has 0 unspecified atom stereocenters. The highest BCUT2D eigenvalue weighted by atomic mass is 19.1. The van der Waals surface area contributed by atoms with Crippen molar-refractivity contribution in [3.05, 3.63) is 76.0 Å². The molecular formula is C31H31F2NO6. The van der Waals surface area contributed by atoms with Gasteiger partial charge in [0.15, 0.2) is 0 Å². The summed E-state index contributed by atoms with van der Waals surface area (Å²) < 4.78 is 41.5. The van der Waals surface area contributed by atoms with Gasteiger partial charge in [0.1, 0.15) is 24.0 Å². The fraction of sp³-hybridized carbons (Fsp3) is 0.419. The van der Waals surface area contributed by atoms with Gasteiger partial charge in [-0.3, -0.25) is 4.79 Å². The largest absolute Gasteiger partial charge is 0.493 e. The molecular weight excluding hydrogens is 520 g/mol. The van der Waals surface area contributed by atoms with E-state index in [-0.39, 0.29) is 48.0 Å². The van der Waals surface area contributed by atoms with Gasteiger partial charge >= 0.3 is 5.97 Å². The van der Waals surface area contributed by atoms with Crippen LogP contribution in [0.5, 0.6) is 11.6 Å². The fourth-order valence-electron chi connectivity index (χ4n) is 6.64. The van der Waals surface area contributed by atoms with Crippen LogP contribution >= 0.6 is 0 Å². The Bertz CT molecular complexity index is 1480. The SMILES string of the molecule is Cc1cc(OC[C@H]2C[C@@](O)(CO)C2)cc(C)c1-c1cc(COc2cc3c(cn2)[C@H]2[C@@H](C3)[C@@H]2C(=O)O)c(F)cc1F. The number of halogens is 2. The van der Waals surface area contributed by atoms with Gasteiger partial charge in [0.25, 0.3) is 0 Å². The van der Waals surface area contributed by atoms with Crippen molar-refractivity contribution in [3.63, 3.8) is 0 Å². The minimum Gasteiger partial charge on any atom is -0.493 e. The van der Waals surface area contributed by atoms with Gasteiger partial charge in [-0.25, -0.2) is 13.8 Å². The maximum atomic E-state index is 15.0. The molecule has 3 aliphatic rings. The Balaban J connectivity index is 1.15. The third-order valence-electron chi connectivity index (χ3n) is 8.67. The molecule has 2 aromatic carbocycles. The van der Waals surface area contributed by atoms with Gasteiger partial charge in [0.05, 0.1) is 24.7 Å². The van der Waals surface area contributed by atoms with Crippen molar-refractivity contribution < 1.29 is 38.4 Å². The molecule has 9 heteroatoms. The Kier molecular flexibility index (Phi) is 6.54. The number of aliphatic hydroxyl groups is 2. The molecule has 7 nitrogen and oxygen atoms in total. The Labute approximate surface area is 230 Å². The number of rotatable bonds is 9. The average molecular weight is 552 g/mol. The molecule has 0 aliphatic heterocycles. The summed E-state index contributed by atoms with van der Waals surface area (Å²) in [6, 6.07) is 7.73. The molecule has 3 aliphatic carbocycles. The van der Waals surface area contributed by atoms with Gasteiger partial charge in [-0.1, -0.05) is 0 Å². The summed E-state index contributed by atoms with van der Waals surface area (Å²) in [5.41, 5.74) is 3.58. The van der Waals surface area contributed by atoms with E-state index in [4.69, 9.17) is 9.47 Å². The summed E-state index contributed by atoms with van der Waals surface area (Å²) in [5, 5.41) is 28.5. The molecule has 210 valence electrons. The maximum Gasteiger partial charge on any atom is 0.307 e. The normalized spacial score (nSPS) is 26.1. The molecule has 1 heterocycles. The van der Waals surface area contributed by atoms with E-state index in [9.17, 15) is 24.5 Å². The number of carboxylic acids is 1. The van der Waals surface area contributed by atoms with Gasteiger partial charge in [-0.15, -0.1) is 0 Å². The smallest absolute Gasteiger partial charge is 0.307 e. The summed E-state index contributed by atoms with van der Waals surface area (Å²) >= 11 is 0. The third-order valence-corrected chi connectivity index (χ3v) is 8.67. The lowest BCUT2D eigenvalue weighted by molar-refractivity contribution is -0.139. The molecule has 3 N–H and O–H groups in total. The second-order valence-corrected chi connectivity index (χ2v) is 11.6. The van der Waals surface area contributed by atoms with Gasteiger partial charge < -0.3 is 24.8 Å². The van der Waals surface area contributed by atoms with Crippen molar-refractivity contribution in [2.45, 2.75) is 51.2 Å². The van der Waals surface area contributed by atoms with Crippen LogP contribution in [-0.2, 0) is 17.8 Å². The van der Waals surface area contributed by atoms with Crippen LogP contribution in [0.1, 0.15) is 46.6 Å². The molecule has 0 radical (unpaired) electrons. The molecule has 3 atom stereocenters. The molecule has 2 fully saturated rings. The maximum absolute atomic E-state index is 15.0. The van der Waals surface area contributed by atoms with Crippen molar-refractivity contribution in [2.75, 3.05) is 13.2 Å². The minimum absolute atomic E-state index is 0.0129. The molecule has 1 aromatic heterocycles. The van der Waals surface area contributed by atoms with E-state index in [1.165, 1.54) is 6.07 Å². The molecule has 6 rings (SSSR count). The number of aliphatic carboxylic acids is 1. The standard InChI is InChI=1S/C31H31F2NO6/c1-15-3-20(39-12-17-9-31(38,10-17)14-35)4-16(2)27(15)21-6-19(24(32)8-25(21)33)13-40-26-7-18-5-22-28(23(18)11-34-26)29(22)30(36)37/h3-4,6-8,11,17,22,28-29,35,38H,5,9-10,12-14H2,1-2H3,(H,36,37)/t17-,22-,28-,29+,31-/m1/s1.